The molecule has 0 radical (unpaired) electrons. The molecule has 146 valence electrons. The number of carbonyl (C=O) groups excluding carboxylic acids is 1. The van der Waals surface area contributed by atoms with Crippen LogP contribution >= 0.6 is 34.5 Å². The number of rotatable bonds is 5. The third-order valence-electron chi connectivity index (χ3n) is 4.75. The lowest BCUT2D eigenvalue weighted by Crippen LogP contribution is -2.31. The Morgan fingerprint density at radius 2 is 1.69 bits per heavy atom. The maximum absolute atomic E-state index is 13.3. The van der Waals surface area contributed by atoms with E-state index < -0.39 is 0 Å². The van der Waals surface area contributed by atoms with Crippen LogP contribution in [0.25, 0.3) is 10.2 Å². The topological polar surface area (TPSA) is 33.2 Å². The highest BCUT2D eigenvalue weighted by atomic mass is 35.5. The normalized spacial score (nSPS) is 11.0. The van der Waals surface area contributed by atoms with Gasteiger partial charge in [-0.2, -0.15) is 0 Å². The number of nitrogens with zero attached hydrogens (tertiary/aromatic N) is 2. The molecule has 29 heavy (non-hydrogen) atoms. The van der Waals surface area contributed by atoms with Gasteiger partial charge in [-0.05, 0) is 41.8 Å². The highest BCUT2D eigenvalue weighted by molar-refractivity contribution is 7.22. The first-order chi connectivity index (χ1) is 14.0. The summed E-state index contributed by atoms with van der Waals surface area (Å²) in [6, 6.07) is 21.1. The molecule has 0 saturated carbocycles. The van der Waals surface area contributed by atoms with Crippen LogP contribution in [0.15, 0.2) is 66.7 Å². The predicted octanol–water partition coefficient (Wildman–Crippen LogP) is 6.69. The Hall–Kier alpha value is -2.40. The van der Waals surface area contributed by atoms with E-state index in [2.05, 4.69) is 0 Å². The first-order valence-electron chi connectivity index (χ1n) is 9.16. The van der Waals surface area contributed by atoms with Gasteiger partial charge in [0.1, 0.15) is 0 Å². The number of thiazole rings is 1. The molecule has 6 heteroatoms. The van der Waals surface area contributed by atoms with E-state index in [4.69, 9.17) is 28.2 Å². The molecule has 0 spiro atoms. The molecule has 3 aromatic carbocycles. The summed E-state index contributed by atoms with van der Waals surface area (Å²) >= 11 is 14.0. The van der Waals surface area contributed by atoms with E-state index in [9.17, 15) is 4.79 Å². The van der Waals surface area contributed by atoms with Crippen molar-refractivity contribution in [2.75, 3.05) is 4.90 Å². The monoisotopic (exact) mass is 440 g/mol. The van der Waals surface area contributed by atoms with Crippen molar-refractivity contribution >= 4 is 55.8 Å². The second kappa shape index (κ2) is 8.54. The molecule has 0 aliphatic heterocycles. The second-order valence-corrected chi connectivity index (χ2v) is 8.57. The molecule has 0 aliphatic carbocycles. The number of carbonyl (C=O) groups is 1. The van der Waals surface area contributed by atoms with Gasteiger partial charge in [0.15, 0.2) is 5.13 Å². The van der Waals surface area contributed by atoms with Gasteiger partial charge < -0.3 is 0 Å². The Kier molecular flexibility index (Phi) is 5.86. The van der Waals surface area contributed by atoms with Gasteiger partial charge in [-0.1, -0.05) is 83.1 Å². The van der Waals surface area contributed by atoms with Gasteiger partial charge in [0, 0.05) is 10.0 Å². The summed E-state index contributed by atoms with van der Waals surface area (Å²) in [4.78, 5) is 19.8. The van der Waals surface area contributed by atoms with Gasteiger partial charge in [-0.15, -0.1) is 0 Å². The largest absolute Gasteiger partial charge is 0.283 e. The standard InChI is InChI=1S/C23H18Cl2N2OS/c1-15-18(24)11-12-20-22(15)26-23(29-20)27(14-16-7-3-2-4-8-16)21(28)13-17-9-5-6-10-19(17)25/h2-12H,13-14H2,1H3. The van der Waals surface area contributed by atoms with Crippen LogP contribution in [0.1, 0.15) is 16.7 Å². The van der Waals surface area contributed by atoms with Gasteiger partial charge in [0.2, 0.25) is 5.91 Å². The van der Waals surface area contributed by atoms with Crippen LogP contribution in [-0.2, 0) is 17.8 Å². The van der Waals surface area contributed by atoms with Crippen LogP contribution in [-0.4, -0.2) is 10.9 Å². The highest BCUT2D eigenvalue weighted by Crippen LogP contribution is 2.34. The summed E-state index contributed by atoms with van der Waals surface area (Å²) in [6.45, 7) is 2.39. The van der Waals surface area contributed by atoms with Crippen molar-refractivity contribution in [3.05, 3.63) is 93.5 Å². The Balaban J connectivity index is 1.73. The Morgan fingerprint density at radius 1 is 0.966 bits per heavy atom. The molecular formula is C23H18Cl2N2OS. The maximum atomic E-state index is 13.3. The van der Waals surface area contributed by atoms with E-state index >= 15 is 0 Å². The molecule has 1 amide bonds. The number of hydrogen-bond acceptors (Lipinski definition) is 3. The Morgan fingerprint density at radius 3 is 2.45 bits per heavy atom. The number of hydrogen-bond donors (Lipinski definition) is 0. The first-order valence-corrected chi connectivity index (χ1v) is 10.7. The van der Waals surface area contributed by atoms with E-state index in [1.54, 1.807) is 11.0 Å². The van der Waals surface area contributed by atoms with E-state index in [0.717, 1.165) is 26.9 Å². The van der Waals surface area contributed by atoms with Gasteiger partial charge in [-0.3, -0.25) is 9.69 Å². The number of fused-ring (bicyclic) bond motifs is 1. The van der Waals surface area contributed by atoms with Gasteiger partial charge in [0.25, 0.3) is 0 Å². The molecule has 3 nitrogen and oxygen atoms in total. The van der Waals surface area contributed by atoms with Crippen molar-refractivity contribution < 1.29 is 4.79 Å². The molecule has 1 aromatic heterocycles. The van der Waals surface area contributed by atoms with E-state index in [1.165, 1.54) is 11.3 Å². The summed E-state index contributed by atoms with van der Waals surface area (Å²) in [5, 5.41) is 1.92. The van der Waals surface area contributed by atoms with Crippen molar-refractivity contribution in [2.45, 2.75) is 19.9 Å². The number of anilines is 1. The summed E-state index contributed by atoms with van der Waals surface area (Å²) in [7, 11) is 0. The lowest BCUT2D eigenvalue weighted by molar-refractivity contribution is -0.118. The molecule has 0 atom stereocenters. The van der Waals surface area contributed by atoms with Crippen molar-refractivity contribution in [3.63, 3.8) is 0 Å². The number of aryl methyl sites for hydroxylation is 1. The van der Waals surface area contributed by atoms with Crippen molar-refractivity contribution in [1.82, 2.24) is 4.98 Å². The fraction of sp³-hybridized carbons (Fsp3) is 0.130. The van der Waals surface area contributed by atoms with Crippen molar-refractivity contribution in [3.8, 4) is 0 Å². The minimum absolute atomic E-state index is 0.0511. The van der Waals surface area contributed by atoms with Crippen molar-refractivity contribution in [2.24, 2.45) is 0 Å². The van der Waals surface area contributed by atoms with E-state index in [1.807, 2.05) is 67.6 Å². The van der Waals surface area contributed by atoms with Gasteiger partial charge in [0.05, 0.1) is 23.2 Å². The predicted molar refractivity (Wildman–Crippen MR) is 122 cm³/mol. The fourth-order valence-electron chi connectivity index (χ4n) is 3.13. The molecule has 0 fully saturated rings. The second-order valence-electron chi connectivity index (χ2n) is 6.75. The first kappa shape index (κ1) is 19.9. The molecule has 0 aliphatic rings. The average Bonchev–Trinajstić information content (AvgIpc) is 3.16. The van der Waals surface area contributed by atoms with Crippen LogP contribution in [0.5, 0.6) is 0 Å². The molecule has 0 saturated heterocycles. The number of amides is 1. The summed E-state index contributed by atoms with van der Waals surface area (Å²) in [6.07, 6.45) is 0.210. The van der Waals surface area contributed by atoms with Crippen LogP contribution < -0.4 is 4.90 Å². The quantitative estimate of drug-likeness (QED) is 0.346. The number of halogens is 2. The maximum Gasteiger partial charge on any atom is 0.233 e. The molecule has 0 unspecified atom stereocenters. The number of aromatic nitrogens is 1. The zero-order valence-electron chi connectivity index (χ0n) is 15.7. The fourth-order valence-corrected chi connectivity index (χ4v) is 4.53. The van der Waals surface area contributed by atoms with Crippen LogP contribution in [0.4, 0.5) is 5.13 Å². The van der Waals surface area contributed by atoms with Gasteiger partial charge >= 0.3 is 0 Å². The van der Waals surface area contributed by atoms with Crippen LogP contribution in [0.3, 0.4) is 0 Å². The minimum Gasteiger partial charge on any atom is -0.283 e. The average molecular weight is 441 g/mol. The molecule has 0 bridgehead atoms. The highest BCUT2D eigenvalue weighted by Gasteiger charge is 2.22. The SMILES string of the molecule is Cc1c(Cl)ccc2sc(N(Cc3ccccc3)C(=O)Cc3ccccc3Cl)nc12. The molecule has 1 heterocycles. The third-order valence-corrected chi connectivity index (χ3v) is 6.57. The zero-order chi connectivity index (χ0) is 20.4. The lowest BCUT2D eigenvalue weighted by Gasteiger charge is -2.20. The Labute approximate surface area is 183 Å². The van der Waals surface area contributed by atoms with Crippen molar-refractivity contribution in [1.29, 1.82) is 0 Å². The molecule has 4 aromatic rings. The zero-order valence-corrected chi connectivity index (χ0v) is 18.1. The van der Waals surface area contributed by atoms with Crippen LogP contribution in [0, 0.1) is 6.92 Å². The smallest absolute Gasteiger partial charge is 0.233 e. The number of benzene rings is 3. The Bertz CT molecular complexity index is 1170. The van der Waals surface area contributed by atoms with Crippen LogP contribution in [0.2, 0.25) is 10.0 Å². The lowest BCUT2D eigenvalue weighted by atomic mass is 10.1. The molecule has 4 rings (SSSR count). The third kappa shape index (κ3) is 4.30. The van der Waals surface area contributed by atoms with E-state index in [0.29, 0.717) is 21.7 Å². The summed E-state index contributed by atoms with van der Waals surface area (Å²) in [5.41, 5.74) is 3.59. The molecular weight excluding hydrogens is 423 g/mol. The van der Waals surface area contributed by atoms with Gasteiger partial charge in [-0.25, -0.2) is 4.98 Å². The summed E-state index contributed by atoms with van der Waals surface area (Å²) < 4.78 is 1.01. The summed E-state index contributed by atoms with van der Waals surface area (Å²) in [5.74, 6) is -0.0511. The van der Waals surface area contributed by atoms with E-state index in [-0.39, 0.29) is 12.3 Å². The minimum atomic E-state index is -0.0511. The molecule has 0 N–H and O–H groups in total.